The smallest absolute Gasteiger partial charge is 0.310 e. The summed E-state index contributed by atoms with van der Waals surface area (Å²) >= 11 is 0. The van der Waals surface area contributed by atoms with E-state index in [1.807, 2.05) is 35.6 Å². The molecule has 4 atom stereocenters. The molecule has 0 aliphatic carbocycles. The third kappa shape index (κ3) is 8.30. The highest BCUT2D eigenvalue weighted by Crippen LogP contribution is 2.46. The molecule has 2 aliphatic heterocycles. The molecule has 2 bridgehead atoms. The number of nitrogens with zero attached hydrogens (tertiary/aromatic N) is 7. The van der Waals surface area contributed by atoms with Gasteiger partial charge in [-0.05, 0) is 32.2 Å². The molecule has 0 aromatic heterocycles. The van der Waals surface area contributed by atoms with E-state index in [2.05, 4.69) is 11.9 Å². The summed E-state index contributed by atoms with van der Waals surface area (Å²) in [5.41, 5.74) is -8.93. The number of methoxy groups -OCH3 is 1. The van der Waals surface area contributed by atoms with Crippen LogP contribution >= 0.6 is 0 Å². The Morgan fingerprint density at radius 3 is 1.53 bits per heavy atom. The van der Waals surface area contributed by atoms with Gasteiger partial charge in [-0.1, -0.05) is 30.3 Å². The van der Waals surface area contributed by atoms with Crippen LogP contribution in [0.15, 0.2) is 54.6 Å². The second-order valence-corrected chi connectivity index (χ2v) is 11.9. The molecule has 0 saturated carbocycles. The number of anilines is 2. The van der Waals surface area contributed by atoms with Gasteiger partial charge in [0.25, 0.3) is 11.4 Å². The molecule has 2 fully saturated rings. The minimum atomic E-state index is -1.30. The average molecular weight is 741 g/mol. The Kier molecular flexibility index (Phi) is 11.6. The number of benzene rings is 3. The molecule has 0 radical (unpaired) electrons. The van der Waals surface area contributed by atoms with Crippen molar-refractivity contribution >= 4 is 57.3 Å². The van der Waals surface area contributed by atoms with E-state index in [9.17, 15) is 70.3 Å². The Bertz CT molecular complexity index is 1860. The minimum Gasteiger partial charge on any atom is -0.469 e. The molecule has 23 nitrogen and oxygen atoms in total. The molecule has 23 heteroatoms. The van der Waals surface area contributed by atoms with Crippen LogP contribution in [0.2, 0.25) is 0 Å². The number of nitro groups is 6. The van der Waals surface area contributed by atoms with E-state index in [0.29, 0.717) is 36.7 Å². The van der Waals surface area contributed by atoms with Crippen molar-refractivity contribution in [2.75, 3.05) is 19.5 Å². The number of non-ortho nitro benzene ring substituents is 2. The second kappa shape index (κ2) is 15.9. The van der Waals surface area contributed by atoms with Gasteiger partial charge in [0.1, 0.15) is 0 Å². The largest absolute Gasteiger partial charge is 0.469 e. The van der Waals surface area contributed by atoms with Crippen LogP contribution in [0, 0.1) is 72.5 Å². The highest BCUT2D eigenvalue weighted by molar-refractivity contribution is 5.96. The van der Waals surface area contributed by atoms with E-state index in [4.69, 9.17) is 4.74 Å². The maximum Gasteiger partial charge on any atom is 0.310 e. The number of piperidine rings is 1. The molecule has 0 spiro atoms. The summed E-state index contributed by atoms with van der Waals surface area (Å²) in [7, 11) is 3.53. The van der Waals surface area contributed by atoms with E-state index in [0.717, 1.165) is 24.8 Å². The molecule has 0 amide bonds. The van der Waals surface area contributed by atoms with E-state index < -0.39 is 75.0 Å². The molecule has 2 aliphatic rings. The summed E-state index contributed by atoms with van der Waals surface area (Å²) in [5.74, 6) is -0.123. The van der Waals surface area contributed by atoms with E-state index in [1.54, 1.807) is 0 Å². The summed E-state index contributed by atoms with van der Waals surface area (Å²) in [5, 5.41) is 68.9. The predicted octanol–water partition coefficient (Wildman–Crippen LogP) is 5.41. The van der Waals surface area contributed by atoms with Gasteiger partial charge in [0, 0.05) is 24.1 Å². The third-order valence-electron chi connectivity index (χ3n) is 9.03. The van der Waals surface area contributed by atoms with Crippen molar-refractivity contribution in [2.45, 2.75) is 37.8 Å². The van der Waals surface area contributed by atoms with Crippen LogP contribution in [0.5, 0.6) is 0 Å². The van der Waals surface area contributed by atoms with Crippen molar-refractivity contribution < 1.29 is 43.9 Å². The lowest BCUT2D eigenvalue weighted by molar-refractivity contribution is -0.402. The maximum atomic E-state index is 12.5. The molecule has 1 N–H and O–H groups in total. The van der Waals surface area contributed by atoms with Gasteiger partial charge < -0.3 is 10.1 Å². The van der Waals surface area contributed by atoms with Crippen molar-refractivity contribution in [3.63, 3.8) is 0 Å². The number of nitro benzene ring substituents is 6. The van der Waals surface area contributed by atoms with Crippen molar-refractivity contribution in [3.05, 3.63) is 121 Å². The van der Waals surface area contributed by atoms with Crippen LogP contribution in [0.4, 0.5) is 45.5 Å². The monoisotopic (exact) mass is 740 g/mol. The molecule has 3 aromatic rings. The Balaban J connectivity index is 0.000000250. The van der Waals surface area contributed by atoms with Crippen LogP contribution < -0.4 is 5.32 Å². The maximum absolute atomic E-state index is 12.5. The van der Waals surface area contributed by atoms with Gasteiger partial charge in [-0.2, -0.15) is 0 Å². The van der Waals surface area contributed by atoms with Crippen molar-refractivity contribution in [1.29, 1.82) is 0 Å². The number of hydrogen-bond acceptors (Lipinski definition) is 17. The van der Waals surface area contributed by atoms with Gasteiger partial charge >= 0.3 is 28.7 Å². The lowest BCUT2D eigenvalue weighted by Gasteiger charge is -2.41. The number of carbonyl (C=O) groups is 2. The van der Waals surface area contributed by atoms with E-state index in [-0.39, 0.29) is 29.6 Å². The number of rotatable bonds is 12. The van der Waals surface area contributed by atoms with Crippen LogP contribution in [0.3, 0.4) is 0 Å². The van der Waals surface area contributed by atoms with Gasteiger partial charge in [0.05, 0.1) is 66.8 Å². The van der Waals surface area contributed by atoms with Gasteiger partial charge in [-0.25, -0.2) is 0 Å². The number of esters is 1. The Hall–Kier alpha value is -7.04. The van der Waals surface area contributed by atoms with E-state index >= 15 is 0 Å². The Labute approximate surface area is 296 Å². The fraction of sp³-hybridized carbons (Fsp3) is 0.333. The summed E-state index contributed by atoms with van der Waals surface area (Å²) in [6.07, 6.45) is 3.48. The first-order chi connectivity index (χ1) is 25.0. The zero-order valence-electron chi connectivity index (χ0n) is 27.6. The van der Waals surface area contributed by atoms with Gasteiger partial charge in [0.2, 0.25) is 0 Å². The lowest BCUT2D eigenvalue weighted by Crippen LogP contribution is -2.50. The summed E-state index contributed by atoms with van der Waals surface area (Å²) in [6.45, 7) is 0. The summed E-state index contributed by atoms with van der Waals surface area (Å²) < 4.78 is 5.03. The predicted molar refractivity (Wildman–Crippen MR) is 180 cm³/mol. The zero-order chi connectivity index (χ0) is 39.3. The zero-order valence-corrected chi connectivity index (χ0v) is 27.6. The van der Waals surface area contributed by atoms with Gasteiger partial charge in [0.15, 0.2) is 17.2 Å². The van der Waals surface area contributed by atoms with Crippen LogP contribution in [-0.2, 0) is 9.53 Å². The van der Waals surface area contributed by atoms with Crippen molar-refractivity contribution in [2.24, 2.45) is 11.8 Å². The SMILES string of the molecule is COC(=O)[C@H]1[C@@H](CC(=O)c2ccccc2)C[C@H]2CC[C@@H]1N2C.O=[N+]([O-])c1cc([N+](=O)[O-])c(Nc2c([N+](=O)[O-])cc([N+](=O)[O-])cc2[N+](=O)[O-])c([N+](=O)[O-])c1. The minimum absolute atomic E-state index is 0.0915. The number of ketones is 1. The van der Waals surface area contributed by atoms with Gasteiger partial charge in [-0.3, -0.25) is 75.2 Å². The number of hydrogen-bond donors (Lipinski definition) is 1. The average Bonchev–Trinajstić information content (AvgIpc) is 3.34. The van der Waals surface area contributed by atoms with Gasteiger partial charge in [-0.15, -0.1) is 0 Å². The number of carbonyl (C=O) groups excluding carboxylic acids is 2. The fourth-order valence-electron chi connectivity index (χ4n) is 6.61. The number of Topliss-reactive ketones (excluding diaryl/α,β-unsaturated/α-hetero) is 1. The third-order valence-corrected chi connectivity index (χ3v) is 9.03. The number of fused-ring (bicyclic) bond motifs is 2. The first-order valence-corrected chi connectivity index (χ1v) is 15.3. The summed E-state index contributed by atoms with van der Waals surface area (Å²) in [4.78, 5) is 86.6. The van der Waals surface area contributed by atoms with E-state index in [1.165, 1.54) is 7.11 Å². The fourth-order valence-corrected chi connectivity index (χ4v) is 6.61. The quantitative estimate of drug-likeness (QED) is 0.105. The Morgan fingerprint density at radius 2 is 1.15 bits per heavy atom. The van der Waals surface area contributed by atoms with Crippen LogP contribution in [-0.4, -0.2) is 72.4 Å². The van der Waals surface area contributed by atoms with Crippen molar-refractivity contribution in [1.82, 2.24) is 4.90 Å². The second-order valence-electron chi connectivity index (χ2n) is 11.9. The number of ether oxygens (including phenoxy) is 1. The molecular formula is C30H28N8O15. The lowest BCUT2D eigenvalue weighted by atomic mass is 9.77. The molecule has 0 unspecified atom stereocenters. The first kappa shape index (κ1) is 38.8. The molecule has 53 heavy (non-hydrogen) atoms. The molecule has 3 aromatic carbocycles. The van der Waals surface area contributed by atoms with Crippen molar-refractivity contribution in [3.8, 4) is 0 Å². The summed E-state index contributed by atoms with van der Waals surface area (Å²) in [6, 6.07) is 11.2. The first-order valence-electron chi connectivity index (χ1n) is 15.3. The Morgan fingerprint density at radius 1 is 0.717 bits per heavy atom. The molecule has 5 rings (SSSR count). The van der Waals surface area contributed by atoms with Crippen LogP contribution in [0.1, 0.15) is 36.0 Å². The highest BCUT2D eigenvalue weighted by Gasteiger charge is 2.49. The molecular weight excluding hydrogens is 712 g/mol. The number of nitrogens with one attached hydrogen (secondary N) is 1. The molecule has 2 saturated heterocycles. The molecule has 2 heterocycles. The normalized spacial score (nSPS) is 18.8. The highest BCUT2D eigenvalue weighted by atomic mass is 16.6. The topological polar surface area (TPSA) is 317 Å². The molecule has 278 valence electrons. The van der Waals surface area contributed by atoms with Crippen LogP contribution in [0.25, 0.3) is 0 Å². The standard InChI is InChI=1S/C18H23NO3.C12H5N7O12/c1-19-14-8-9-15(19)17(18(21)22-2)13(10-14)11-16(20)12-6-4-3-5-7-12;20-14(21)5-1-7(16(24)25)11(8(2-5)17(26)27)13-12-9(18(28)29)3-6(15(22)23)4-10(12)19(30)31/h3-7,13-15,17H,8-11H2,1-2H3;1-4,13H/t13-,14-,15+,17+;/m1./s1.